The summed E-state index contributed by atoms with van der Waals surface area (Å²) in [5, 5.41) is 12.8. The van der Waals surface area contributed by atoms with Crippen LogP contribution in [-0.2, 0) is 11.2 Å². The van der Waals surface area contributed by atoms with Gasteiger partial charge in [-0.3, -0.25) is 9.78 Å². The van der Waals surface area contributed by atoms with E-state index in [1.54, 1.807) is 12.4 Å². The van der Waals surface area contributed by atoms with E-state index in [1.807, 2.05) is 42.5 Å². The quantitative estimate of drug-likeness (QED) is 0.679. The summed E-state index contributed by atoms with van der Waals surface area (Å²) in [6.45, 7) is 0.522. The maximum absolute atomic E-state index is 12.3. The van der Waals surface area contributed by atoms with E-state index in [9.17, 15) is 9.90 Å². The van der Waals surface area contributed by atoms with Crippen molar-refractivity contribution < 1.29 is 14.6 Å². The molecule has 1 fully saturated rings. The number of rotatable bonds is 9. The highest BCUT2D eigenvalue weighted by Gasteiger charge is 2.34. The van der Waals surface area contributed by atoms with Crippen LogP contribution in [0.5, 0.6) is 5.75 Å². The van der Waals surface area contributed by atoms with E-state index in [0.29, 0.717) is 25.4 Å². The van der Waals surface area contributed by atoms with Crippen LogP contribution in [0.4, 0.5) is 0 Å². The number of carbonyl (C=O) groups is 1. The number of aliphatic hydroxyl groups is 1. The highest BCUT2D eigenvalue weighted by molar-refractivity contribution is 5.76. The van der Waals surface area contributed by atoms with Crippen molar-refractivity contribution in [3.05, 3.63) is 60.4 Å². The molecule has 0 aliphatic heterocycles. The number of nitrogens with one attached hydrogen (secondary N) is 1. The first-order chi connectivity index (χ1) is 12.7. The molecule has 26 heavy (non-hydrogen) atoms. The summed E-state index contributed by atoms with van der Waals surface area (Å²) < 4.78 is 5.63. The van der Waals surface area contributed by atoms with Crippen molar-refractivity contribution >= 4 is 5.91 Å². The summed E-state index contributed by atoms with van der Waals surface area (Å²) in [5.41, 5.74) is 1.15. The molecule has 0 radical (unpaired) electrons. The summed E-state index contributed by atoms with van der Waals surface area (Å²) in [6, 6.07) is 13.6. The van der Waals surface area contributed by atoms with Gasteiger partial charge < -0.3 is 15.2 Å². The predicted octanol–water partition coefficient (Wildman–Crippen LogP) is 2.74. The zero-order valence-corrected chi connectivity index (χ0v) is 14.9. The monoisotopic (exact) mass is 354 g/mol. The third-order valence-electron chi connectivity index (χ3n) is 4.83. The minimum absolute atomic E-state index is 0.0436. The van der Waals surface area contributed by atoms with Crippen LogP contribution in [0.3, 0.4) is 0 Å². The van der Waals surface area contributed by atoms with Crippen LogP contribution in [0.25, 0.3) is 0 Å². The second kappa shape index (κ2) is 9.34. The first kappa shape index (κ1) is 18.4. The Kier molecular flexibility index (Phi) is 6.61. The van der Waals surface area contributed by atoms with Crippen molar-refractivity contribution in [2.24, 2.45) is 5.92 Å². The molecule has 1 aliphatic carbocycles. The maximum atomic E-state index is 12.3. The van der Waals surface area contributed by atoms with Gasteiger partial charge in [0.05, 0.1) is 12.7 Å². The molecule has 2 N–H and O–H groups in total. The number of carbonyl (C=O) groups excluding carboxylic acids is 1. The van der Waals surface area contributed by atoms with Gasteiger partial charge in [-0.15, -0.1) is 0 Å². The SMILES string of the molecule is O=C(CCCOc1ccccc1)N[C@@H](Cc1ccncc1)C1CC(O)C1. The van der Waals surface area contributed by atoms with Gasteiger partial charge >= 0.3 is 0 Å². The number of hydrogen-bond donors (Lipinski definition) is 2. The van der Waals surface area contributed by atoms with E-state index in [-0.39, 0.29) is 18.1 Å². The van der Waals surface area contributed by atoms with Crippen LogP contribution in [0, 0.1) is 5.92 Å². The van der Waals surface area contributed by atoms with Gasteiger partial charge in [0.15, 0.2) is 0 Å². The molecule has 1 heterocycles. The van der Waals surface area contributed by atoms with Crippen LogP contribution in [0.1, 0.15) is 31.2 Å². The van der Waals surface area contributed by atoms with Gasteiger partial charge in [-0.1, -0.05) is 18.2 Å². The van der Waals surface area contributed by atoms with Gasteiger partial charge in [0, 0.05) is 24.9 Å². The third kappa shape index (κ3) is 5.56. The Morgan fingerprint density at radius 2 is 1.92 bits per heavy atom. The minimum atomic E-state index is -0.226. The molecule has 5 heteroatoms. The van der Waals surface area contributed by atoms with E-state index < -0.39 is 0 Å². The number of para-hydroxylation sites is 1. The Balaban J connectivity index is 1.44. The van der Waals surface area contributed by atoms with E-state index >= 15 is 0 Å². The average molecular weight is 354 g/mol. The molecule has 1 atom stereocenters. The third-order valence-corrected chi connectivity index (χ3v) is 4.83. The highest BCUT2D eigenvalue weighted by Crippen LogP contribution is 2.31. The predicted molar refractivity (Wildman–Crippen MR) is 99.8 cm³/mol. The number of nitrogens with zero attached hydrogens (tertiary/aromatic N) is 1. The molecule has 1 aromatic carbocycles. The lowest BCUT2D eigenvalue weighted by atomic mass is 9.75. The Hall–Kier alpha value is -2.40. The molecule has 0 saturated heterocycles. The second-order valence-corrected chi connectivity index (χ2v) is 6.88. The molecule has 1 aliphatic rings. The molecule has 0 bridgehead atoms. The van der Waals surface area contributed by atoms with Crippen LogP contribution in [0.2, 0.25) is 0 Å². The summed E-state index contributed by atoms with van der Waals surface area (Å²) >= 11 is 0. The van der Waals surface area contributed by atoms with Crippen molar-refractivity contribution in [1.82, 2.24) is 10.3 Å². The minimum Gasteiger partial charge on any atom is -0.494 e. The molecule has 1 saturated carbocycles. The van der Waals surface area contributed by atoms with E-state index in [0.717, 1.165) is 30.6 Å². The fourth-order valence-electron chi connectivity index (χ4n) is 3.29. The molecular weight excluding hydrogens is 328 g/mol. The lowest BCUT2D eigenvalue weighted by molar-refractivity contribution is -0.123. The number of aliphatic hydroxyl groups excluding tert-OH is 1. The summed E-state index contributed by atoms with van der Waals surface area (Å²) in [4.78, 5) is 16.4. The number of pyridine rings is 1. The fourth-order valence-corrected chi connectivity index (χ4v) is 3.29. The zero-order chi connectivity index (χ0) is 18.2. The van der Waals surface area contributed by atoms with Gasteiger partial charge in [-0.2, -0.15) is 0 Å². The first-order valence-corrected chi connectivity index (χ1v) is 9.25. The van der Waals surface area contributed by atoms with Crippen LogP contribution in [-0.4, -0.2) is 34.8 Å². The number of benzene rings is 1. The van der Waals surface area contributed by atoms with Gasteiger partial charge in [-0.25, -0.2) is 0 Å². The van der Waals surface area contributed by atoms with E-state index in [2.05, 4.69) is 10.3 Å². The Morgan fingerprint density at radius 1 is 1.19 bits per heavy atom. The van der Waals surface area contributed by atoms with E-state index in [4.69, 9.17) is 4.74 Å². The normalized spacial score (nSPS) is 20.0. The Morgan fingerprint density at radius 3 is 2.62 bits per heavy atom. The molecule has 3 rings (SSSR count). The van der Waals surface area contributed by atoms with Crippen molar-refractivity contribution in [3.63, 3.8) is 0 Å². The van der Waals surface area contributed by atoms with Crippen LogP contribution < -0.4 is 10.1 Å². The van der Waals surface area contributed by atoms with Crippen molar-refractivity contribution in [3.8, 4) is 5.75 Å². The molecule has 138 valence electrons. The van der Waals surface area contributed by atoms with E-state index in [1.165, 1.54) is 0 Å². The zero-order valence-electron chi connectivity index (χ0n) is 14.9. The van der Waals surface area contributed by atoms with Gasteiger partial charge in [0.25, 0.3) is 0 Å². The maximum Gasteiger partial charge on any atom is 0.220 e. The Bertz CT molecular complexity index is 672. The smallest absolute Gasteiger partial charge is 0.220 e. The largest absolute Gasteiger partial charge is 0.494 e. The van der Waals surface area contributed by atoms with Crippen molar-refractivity contribution in [2.75, 3.05) is 6.61 Å². The van der Waals surface area contributed by atoms with Crippen molar-refractivity contribution in [1.29, 1.82) is 0 Å². The van der Waals surface area contributed by atoms with Crippen molar-refractivity contribution in [2.45, 2.75) is 44.2 Å². The van der Waals surface area contributed by atoms with Crippen LogP contribution in [0.15, 0.2) is 54.9 Å². The molecule has 0 spiro atoms. The number of hydrogen-bond acceptors (Lipinski definition) is 4. The summed E-state index contributed by atoms with van der Waals surface area (Å²) in [6.07, 6.45) is 6.71. The van der Waals surface area contributed by atoms with Gasteiger partial charge in [0.1, 0.15) is 5.75 Å². The molecule has 0 unspecified atom stereocenters. The molecule has 5 nitrogen and oxygen atoms in total. The highest BCUT2D eigenvalue weighted by atomic mass is 16.5. The fraction of sp³-hybridized carbons (Fsp3) is 0.429. The lowest BCUT2D eigenvalue weighted by Crippen LogP contribution is -2.48. The van der Waals surface area contributed by atoms with Crippen LogP contribution >= 0.6 is 0 Å². The Labute approximate surface area is 154 Å². The lowest BCUT2D eigenvalue weighted by Gasteiger charge is -2.38. The van der Waals surface area contributed by atoms with Gasteiger partial charge in [-0.05, 0) is 61.4 Å². The average Bonchev–Trinajstić information content (AvgIpc) is 2.64. The molecule has 1 amide bonds. The topological polar surface area (TPSA) is 71.5 Å². The summed E-state index contributed by atoms with van der Waals surface area (Å²) in [5.74, 6) is 1.21. The molecule has 1 aromatic heterocycles. The number of ether oxygens (including phenoxy) is 1. The standard InChI is InChI=1S/C21H26N2O3/c24-18-14-17(15-18)20(13-16-8-10-22-11-9-16)23-21(25)7-4-12-26-19-5-2-1-3-6-19/h1-3,5-6,8-11,17-18,20,24H,4,7,12-15H2,(H,23,25)/t17?,18?,20-/m0/s1. The number of amides is 1. The van der Waals surface area contributed by atoms with Gasteiger partial charge in [0.2, 0.25) is 5.91 Å². The second-order valence-electron chi connectivity index (χ2n) is 6.88. The first-order valence-electron chi connectivity index (χ1n) is 9.25. The number of aromatic nitrogens is 1. The molecular formula is C21H26N2O3. The molecule has 2 aromatic rings. The summed E-state index contributed by atoms with van der Waals surface area (Å²) in [7, 11) is 0.